The lowest BCUT2D eigenvalue weighted by molar-refractivity contribution is -0.137. The fourth-order valence-corrected chi connectivity index (χ4v) is 3.01. The molecule has 2 rings (SSSR count). The van der Waals surface area contributed by atoms with Crippen LogP contribution in [0.5, 0.6) is 0 Å². The number of carbonyl (C=O) groups excluding carboxylic acids is 1. The molecular weight excluding hydrogens is 242 g/mol. The second-order valence-corrected chi connectivity index (χ2v) is 5.76. The predicted octanol–water partition coefficient (Wildman–Crippen LogP) is 0.354. The van der Waals surface area contributed by atoms with Crippen LogP contribution in [0.3, 0.4) is 0 Å². The molecular formula is C14H27N3O2. The van der Waals surface area contributed by atoms with E-state index in [2.05, 4.69) is 17.6 Å². The van der Waals surface area contributed by atoms with E-state index in [9.17, 15) is 4.79 Å². The third-order valence-corrected chi connectivity index (χ3v) is 4.03. The fourth-order valence-electron chi connectivity index (χ4n) is 3.01. The van der Waals surface area contributed by atoms with Gasteiger partial charge in [0, 0.05) is 25.2 Å². The molecule has 3 atom stereocenters. The van der Waals surface area contributed by atoms with Crippen molar-refractivity contribution in [2.24, 2.45) is 0 Å². The van der Waals surface area contributed by atoms with E-state index in [1.54, 1.807) is 0 Å². The minimum absolute atomic E-state index is 0.102. The van der Waals surface area contributed by atoms with Crippen LogP contribution in [0.4, 0.5) is 0 Å². The highest BCUT2D eigenvalue weighted by atomic mass is 16.5. The van der Waals surface area contributed by atoms with Crippen molar-refractivity contribution in [2.45, 2.75) is 51.2 Å². The first-order valence-electron chi connectivity index (χ1n) is 7.53. The zero-order valence-electron chi connectivity index (χ0n) is 12.2. The van der Waals surface area contributed by atoms with Gasteiger partial charge in [0.2, 0.25) is 5.91 Å². The molecule has 0 aromatic rings. The maximum Gasteiger partial charge on any atom is 0.239 e. The van der Waals surface area contributed by atoms with Crippen LogP contribution < -0.4 is 10.6 Å². The molecule has 3 unspecified atom stereocenters. The molecule has 0 aliphatic carbocycles. The minimum Gasteiger partial charge on any atom is -0.378 e. The summed E-state index contributed by atoms with van der Waals surface area (Å²) in [7, 11) is 0. The molecule has 19 heavy (non-hydrogen) atoms. The van der Waals surface area contributed by atoms with E-state index in [1.807, 2.05) is 11.8 Å². The molecule has 2 fully saturated rings. The predicted molar refractivity (Wildman–Crippen MR) is 75.1 cm³/mol. The topological polar surface area (TPSA) is 53.6 Å². The van der Waals surface area contributed by atoms with Gasteiger partial charge < -0.3 is 20.3 Å². The van der Waals surface area contributed by atoms with Crippen LogP contribution in [0.25, 0.3) is 0 Å². The van der Waals surface area contributed by atoms with E-state index in [-0.39, 0.29) is 11.9 Å². The molecule has 0 radical (unpaired) electrons. The lowest BCUT2D eigenvalue weighted by atomic mass is 10.1. The molecule has 0 saturated carbocycles. The normalized spacial score (nSPS) is 27.3. The van der Waals surface area contributed by atoms with Crippen LogP contribution in [0, 0.1) is 0 Å². The Hall–Kier alpha value is -0.650. The fraction of sp³-hybridized carbons (Fsp3) is 0.929. The lowest BCUT2D eigenvalue weighted by Gasteiger charge is -2.31. The van der Waals surface area contributed by atoms with E-state index >= 15 is 0 Å². The maximum absolute atomic E-state index is 12.3. The van der Waals surface area contributed by atoms with Crippen molar-refractivity contribution >= 4 is 5.91 Å². The second-order valence-electron chi connectivity index (χ2n) is 5.76. The van der Waals surface area contributed by atoms with Crippen molar-refractivity contribution in [1.29, 1.82) is 0 Å². The van der Waals surface area contributed by atoms with E-state index in [4.69, 9.17) is 4.74 Å². The van der Waals surface area contributed by atoms with E-state index in [1.165, 1.54) is 12.8 Å². The Labute approximate surface area is 116 Å². The Bertz CT molecular complexity index is 286. The highest BCUT2D eigenvalue weighted by molar-refractivity contribution is 5.81. The van der Waals surface area contributed by atoms with Crippen LogP contribution in [-0.4, -0.2) is 61.8 Å². The highest BCUT2D eigenvalue weighted by Crippen LogP contribution is 2.11. The molecule has 2 saturated heterocycles. The molecule has 2 aliphatic rings. The summed E-state index contributed by atoms with van der Waals surface area (Å²) in [6.07, 6.45) is 3.64. The monoisotopic (exact) mass is 269 g/mol. The number of rotatable bonds is 5. The molecule has 2 N–H and O–H groups in total. The van der Waals surface area contributed by atoms with Crippen LogP contribution in [0.15, 0.2) is 0 Å². The largest absolute Gasteiger partial charge is 0.378 e. The Morgan fingerprint density at radius 1 is 1.42 bits per heavy atom. The highest BCUT2D eigenvalue weighted by Gasteiger charge is 2.24. The Morgan fingerprint density at radius 3 is 2.79 bits per heavy atom. The first kappa shape index (κ1) is 14.8. The summed E-state index contributed by atoms with van der Waals surface area (Å²) in [4.78, 5) is 14.2. The van der Waals surface area contributed by atoms with Gasteiger partial charge in [-0.1, -0.05) is 0 Å². The van der Waals surface area contributed by atoms with Crippen molar-refractivity contribution in [3.8, 4) is 0 Å². The average molecular weight is 269 g/mol. The van der Waals surface area contributed by atoms with Gasteiger partial charge in [-0.15, -0.1) is 0 Å². The Balaban J connectivity index is 1.72. The molecule has 110 valence electrons. The SMILES string of the molecule is CC(CC1CCCN1)NC(C)C(=O)N1CCOCC1. The van der Waals surface area contributed by atoms with Crippen molar-refractivity contribution in [2.75, 3.05) is 32.8 Å². The Morgan fingerprint density at radius 2 is 2.16 bits per heavy atom. The summed E-state index contributed by atoms with van der Waals surface area (Å²) >= 11 is 0. The number of hydrogen-bond acceptors (Lipinski definition) is 4. The summed E-state index contributed by atoms with van der Waals surface area (Å²) in [5.41, 5.74) is 0. The molecule has 2 aliphatic heterocycles. The van der Waals surface area contributed by atoms with Crippen molar-refractivity contribution in [3.05, 3.63) is 0 Å². The third kappa shape index (κ3) is 4.44. The van der Waals surface area contributed by atoms with Crippen molar-refractivity contribution < 1.29 is 9.53 Å². The van der Waals surface area contributed by atoms with Crippen LogP contribution in [0.2, 0.25) is 0 Å². The first-order chi connectivity index (χ1) is 9.16. The number of morpholine rings is 1. The van der Waals surface area contributed by atoms with Gasteiger partial charge in [0.15, 0.2) is 0 Å². The smallest absolute Gasteiger partial charge is 0.239 e. The van der Waals surface area contributed by atoms with Crippen LogP contribution >= 0.6 is 0 Å². The van der Waals surface area contributed by atoms with Gasteiger partial charge in [-0.3, -0.25) is 4.79 Å². The number of nitrogens with zero attached hydrogens (tertiary/aromatic N) is 1. The molecule has 0 aromatic carbocycles. The number of hydrogen-bond donors (Lipinski definition) is 2. The summed E-state index contributed by atoms with van der Waals surface area (Å²) in [5.74, 6) is 0.203. The number of nitrogens with one attached hydrogen (secondary N) is 2. The summed E-state index contributed by atoms with van der Waals surface area (Å²) < 4.78 is 5.28. The molecule has 0 aromatic heterocycles. The van der Waals surface area contributed by atoms with Crippen LogP contribution in [-0.2, 0) is 9.53 Å². The van der Waals surface area contributed by atoms with Crippen molar-refractivity contribution in [3.63, 3.8) is 0 Å². The van der Waals surface area contributed by atoms with Gasteiger partial charge in [-0.25, -0.2) is 0 Å². The minimum atomic E-state index is -0.102. The third-order valence-electron chi connectivity index (χ3n) is 4.03. The molecule has 5 nitrogen and oxygen atoms in total. The first-order valence-corrected chi connectivity index (χ1v) is 7.53. The second kappa shape index (κ2) is 7.22. The lowest BCUT2D eigenvalue weighted by Crippen LogP contribution is -2.51. The van der Waals surface area contributed by atoms with E-state index < -0.39 is 0 Å². The molecule has 0 bridgehead atoms. The molecule has 1 amide bonds. The molecule has 5 heteroatoms. The van der Waals surface area contributed by atoms with Gasteiger partial charge in [0.05, 0.1) is 19.3 Å². The summed E-state index contributed by atoms with van der Waals surface area (Å²) in [6, 6.07) is 0.887. The quantitative estimate of drug-likeness (QED) is 0.756. The van der Waals surface area contributed by atoms with Gasteiger partial charge >= 0.3 is 0 Å². The van der Waals surface area contributed by atoms with Crippen molar-refractivity contribution in [1.82, 2.24) is 15.5 Å². The van der Waals surface area contributed by atoms with Gasteiger partial charge in [-0.2, -0.15) is 0 Å². The Kier molecular flexibility index (Phi) is 5.60. The zero-order valence-corrected chi connectivity index (χ0v) is 12.2. The van der Waals surface area contributed by atoms with Crippen LogP contribution in [0.1, 0.15) is 33.1 Å². The summed E-state index contributed by atoms with van der Waals surface area (Å²) in [5, 5.41) is 6.93. The number of amides is 1. The van der Waals surface area contributed by atoms with E-state index in [0.717, 1.165) is 26.1 Å². The zero-order chi connectivity index (χ0) is 13.7. The summed E-state index contributed by atoms with van der Waals surface area (Å²) in [6.45, 7) is 8.06. The van der Waals surface area contributed by atoms with Gasteiger partial charge in [0.1, 0.15) is 0 Å². The molecule has 0 spiro atoms. The van der Waals surface area contributed by atoms with Gasteiger partial charge in [-0.05, 0) is 39.7 Å². The van der Waals surface area contributed by atoms with E-state index in [0.29, 0.717) is 25.3 Å². The standard InChI is InChI=1S/C14H27N3O2/c1-11(10-13-4-3-5-15-13)16-12(2)14(18)17-6-8-19-9-7-17/h11-13,15-16H,3-10H2,1-2H3. The number of carbonyl (C=O) groups is 1. The molecule has 2 heterocycles. The number of ether oxygens (including phenoxy) is 1. The average Bonchev–Trinajstić information content (AvgIpc) is 2.91. The maximum atomic E-state index is 12.3. The van der Waals surface area contributed by atoms with Gasteiger partial charge in [0.25, 0.3) is 0 Å².